The van der Waals surface area contributed by atoms with Gasteiger partial charge >= 0.3 is 0 Å². The molecule has 3 rings (SSSR count). The smallest absolute Gasteiger partial charge is 0.262 e. The van der Waals surface area contributed by atoms with Crippen LogP contribution in [0.25, 0.3) is 10.9 Å². The Hall–Kier alpha value is -2.06. The maximum atomic E-state index is 13.6. The second-order valence-corrected chi connectivity index (χ2v) is 6.74. The van der Waals surface area contributed by atoms with Crippen LogP contribution >= 0.6 is 31.9 Å². The van der Waals surface area contributed by atoms with Crippen LogP contribution in [0, 0.1) is 11.6 Å². The number of nitrogens with zero attached hydrogens (tertiary/aromatic N) is 1. The Kier molecular flexibility index (Phi) is 5.29. The minimum atomic E-state index is -0.730. The van der Waals surface area contributed by atoms with Crippen LogP contribution in [0.15, 0.2) is 51.5 Å². The van der Waals surface area contributed by atoms with Gasteiger partial charge in [0.1, 0.15) is 17.2 Å². The first-order chi connectivity index (χ1) is 12.0. The van der Waals surface area contributed by atoms with E-state index in [0.29, 0.717) is 15.7 Å². The molecule has 0 aliphatic rings. The van der Waals surface area contributed by atoms with Gasteiger partial charge in [-0.2, -0.15) is 0 Å². The lowest BCUT2D eigenvalue weighted by Gasteiger charge is -2.12. The number of benzene rings is 2. The zero-order chi connectivity index (χ0) is 18.0. The van der Waals surface area contributed by atoms with Crippen LogP contribution in [0.1, 0.15) is 0 Å². The summed E-state index contributed by atoms with van der Waals surface area (Å²) in [6, 6.07) is 8.23. The van der Waals surface area contributed by atoms with Crippen LogP contribution in [0.4, 0.5) is 14.5 Å². The van der Waals surface area contributed by atoms with Crippen molar-refractivity contribution in [2.75, 3.05) is 11.9 Å². The van der Waals surface area contributed by atoms with Crippen molar-refractivity contribution in [1.82, 2.24) is 4.98 Å². The van der Waals surface area contributed by atoms with E-state index in [0.717, 1.165) is 28.1 Å². The highest BCUT2D eigenvalue weighted by Crippen LogP contribution is 2.37. The molecule has 0 radical (unpaired) electrons. The van der Waals surface area contributed by atoms with E-state index in [2.05, 4.69) is 42.2 Å². The quantitative estimate of drug-likeness (QED) is 0.578. The van der Waals surface area contributed by atoms with Gasteiger partial charge in [-0.1, -0.05) is 22.0 Å². The number of hydrogen-bond donors (Lipinski definition) is 1. The number of carbonyl (C=O) groups excluding carboxylic acids is 1. The highest BCUT2D eigenvalue weighted by atomic mass is 79.9. The number of rotatable bonds is 4. The zero-order valence-corrected chi connectivity index (χ0v) is 15.7. The number of fused-ring (bicyclic) bond motifs is 1. The minimum Gasteiger partial charge on any atom is -0.480 e. The maximum absolute atomic E-state index is 13.6. The average Bonchev–Trinajstić information content (AvgIpc) is 2.58. The number of anilines is 1. The van der Waals surface area contributed by atoms with Gasteiger partial charge in [0.05, 0.1) is 10.2 Å². The van der Waals surface area contributed by atoms with E-state index in [1.165, 1.54) is 0 Å². The Morgan fingerprint density at radius 2 is 1.96 bits per heavy atom. The van der Waals surface area contributed by atoms with Crippen molar-refractivity contribution in [3.63, 3.8) is 0 Å². The molecule has 4 nitrogen and oxygen atoms in total. The van der Waals surface area contributed by atoms with Gasteiger partial charge < -0.3 is 10.1 Å². The number of ether oxygens (including phenoxy) is 1. The predicted octanol–water partition coefficient (Wildman–Crippen LogP) is 5.06. The standard InChI is InChI=1S/C17H10Br2F2N2O2/c18-11-7-12(19)17(16-10(11)2-1-5-22-16)25-8-15(24)23-14-6-9(20)3-4-13(14)21/h1-7H,8H2,(H,23,24). The van der Waals surface area contributed by atoms with E-state index in [4.69, 9.17) is 4.74 Å². The van der Waals surface area contributed by atoms with Crippen molar-refractivity contribution in [2.45, 2.75) is 0 Å². The molecule has 0 fully saturated rings. The molecule has 0 spiro atoms. The van der Waals surface area contributed by atoms with Crippen molar-refractivity contribution < 1.29 is 18.3 Å². The van der Waals surface area contributed by atoms with Crippen LogP contribution in [-0.2, 0) is 4.79 Å². The zero-order valence-electron chi connectivity index (χ0n) is 12.5. The van der Waals surface area contributed by atoms with Gasteiger partial charge in [0, 0.05) is 22.1 Å². The summed E-state index contributed by atoms with van der Waals surface area (Å²) in [5.74, 6) is -1.62. The highest BCUT2D eigenvalue weighted by Gasteiger charge is 2.14. The molecule has 0 unspecified atom stereocenters. The van der Waals surface area contributed by atoms with Gasteiger partial charge in [-0.25, -0.2) is 8.78 Å². The van der Waals surface area contributed by atoms with Crippen molar-refractivity contribution in [3.05, 3.63) is 63.2 Å². The Balaban J connectivity index is 1.79. The molecule has 1 amide bonds. The van der Waals surface area contributed by atoms with Crippen molar-refractivity contribution in [2.24, 2.45) is 0 Å². The van der Waals surface area contributed by atoms with Crippen LogP contribution in [-0.4, -0.2) is 17.5 Å². The van der Waals surface area contributed by atoms with Gasteiger partial charge in [-0.05, 0) is 40.2 Å². The highest BCUT2D eigenvalue weighted by molar-refractivity contribution is 9.11. The van der Waals surface area contributed by atoms with E-state index >= 15 is 0 Å². The number of halogens is 4. The normalized spacial score (nSPS) is 10.7. The molecule has 1 N–H and O–H groups in total. The Bertz CT molecular complexity index is 967. The van der Waals surface area contributed by atoms with Crippen LogP contribution < -0.4 is 10.1 Å². The van der Waals surface area contributed by atoms with E-state index in [1.54, 1.807) is 18.3 Å². The Morgan fingerprint density at radius 3 is 2.76 bits per heavy atom. The molecule has 128 valence electrons. The Morgan fingerprint density at radius 1 is 1.16 bits per heavy atom. The molecule has 0 bridgehead atoms. The summed E-state index contributed by atoms with van der Waals surface area (Å²) in [4.78, 5) is 16.3. The van der Waals surface area contributed by atoms with Gasteiger partial charge in [-0.15, -0.1) is 0 Å². The third-order valence-corrected chi connectivity index (χ3v) is 4.55. The average molecular weight is 472 g/mol. The lowest BCUT2D eigenvalue weighted by Crippen LogP contribution is -2.21. The Labute approximate surface area is 158 Å². The van der Waals surface area contributed by atoms with E-state index in [1.807, 2.05) is 6.07 Å². The molecule has 0 saturated carbocycles. The molecular formula is C17H10Br2F2N2O2. The molecule has 0 atom stereocenters. The van der Waals surface area contributed by atoms with Gasteiger partial charge in [-0.3, -0.25) is 9.78 Å². The molecule has 0 aliphatic heterocycles. The molecule has 2 aromatic carbocycles. The van der Waals surface area contributed by atoms with Crippen LogP contribution in [0.2, 0.25) is 0 Å². The van der Waals surface area contributed by atoms with Gasteiger partial charge in [0.25, 0.3) is 5.91 Å². The summed E-state index contributed by atoms with van der Waals surface area (Å²) in [6.07, 6.45) is 1.61. The second kappa shape index (κ2) is 7.45. The first-order valence-corrected chi connectivity index (χ1v) is 8.64. The van der Waals surface area contributed by atoms with Crippen LogP contribution in [0.5, 0.6) is 5.75 Å². The summed E-state index contributed by atoms with van der Waals surface area (Å²) < 4.78 is 33.7. The largest absolute Gasteiger partial charge is 0.480 e. The molecular weight excluding hydrogens is 462 g/mol. The SMILES string of the molecule is O=C(COc1c(Br)cc(Br)c2cccnc12)Nc1cc(F)ccc1F. The van der Waals surface area contributed by atoms with Crippen molar-refractivity contribution in [3.8, 4) is 5.75 Å². The number of pyridine rings is 1. The fourth-order valence-electron chi connectivity index (χ4n) is 2.20. The predicted molar refractivity (Wildman–Crippen MR) is 97.6 cm³/mol. The van der Waals surface area contributed by atoms with E-state index in [-0.39, 0.29) is 12.3 Å². The number of hydrogen-bond acceptors (Lipinski definition) is 3. The third kappa shape index (κ3) is 3.96. The molecule has 1 heterocycles. The molecule has 0 aliphatic carbocycles. The van der Waals surface area contributed by atoms with Crippen LogP contribution in [0.3, 0.4) is 0 Å². The second-order valence-electron chi connectivity index (χ2n) is 5.03. The third-order valence-electron chi connectivity index (χ3n) is 3.30. The molecule has 1 aromatic heterocycles. The molecule has 25 heavy (non-hydrogen) atoms. The number of carbonyl (C=O) groups is 1. The first kappa shape index (κ1) is 17.8. The summed E-state index contributed by atoms with van der Waals surface area (Å²) in [5.41, 5.74) is 0.319. The first-order valence-electron chi connectivity index (χ1n) is 7.06. The van der Waals surface area contributed by atoms with Crippen molar-refractivity contribution in [1.29, 1.82) is 0 Å². The summed E-state index contributed by atoms with van der Waals surface area (Å²) in [7, 11) is 0. The fourth-order valence-corrected chi connectivity index (χ4v) is 3.59. The molecule has 3 aromatic rings. The topological polar surface area (TPSA) is 51.2 Å². The lowest BCUT2D eigenvalue weighted by atomic mass is 10.2. The van der Waals surface area contributed by atoms with Gasteiger partial charge in [0.2, 0.25) is 0 Å². The summed E-state index contributed by atoms with van der Waals surface area (Å²) in [5, 5.41) is 3.09. The molecule has 8 heteroatoms. The van der Waals surface area contributed by atoms with E-state index < -0.39 is 17.5 Å². The summed E-state index contributed by atoms with van der Waals surface area (Å²) >= 11 is 6.81. The minimum absolute atomic E-state index is 0.244. The lowest BCUT2D eigenvalue weighted by molar-refractivity contribution is -0.118. The maximum Gasteiger partial charge on any atom is 0.262 e. The van der Waals surface area contributed by atoms with E-state index in [9.17, 15) is 13.6 Å². The van der Waals surface area contributed by atoms with Gasteiger partial charge in [0.15, 0.2) is 12.4 Å². The number of amides is 1. The summed E-state index contributed by atoms with van der Waals surface area (Å²) in [6.45, 7) is -0.387. The monoisotopic (exact) mass is 470 g/mol. The number of aromatic nitrogens is 1. The molecule has 0 saturated heterocycles. The fraction of sp³-hybridized carbons (Fsp3) is 0.0588. The number of nitrogens with one attached hydrogen (secondary N) is 1. The van der Waals surface area contributed by atoms with Crippen molar-refractivity contribution >= 4 is 54.4 Å².